The molecular formula is C17H12N4OS. The molecule has 1 aliphatic heterocycles. The third-order valence-electron chi connectivity index (χ3n) is 3.57. The number of anilines is 1. The summed E-state index contributed by atoms with van der Waals surface area (Å²) in [6, 6.07) is 15.6. The molecule has 0 radical (unpaired) electrons. The van der Waals surface area contributed by atoms with Crippen LogP contribution in [0.5, 0.6) is 0 Å². The quantitative estimate of drug-likeness (QED) is 0.784. The Labute approximate surface area is 136 Å². The Balaban J connectivity index is 1.70. The van der Waals surface area contributed by atoms with Crippen LogP contribution in [0.1, 0.15) is 11.1 Å². The van der Waals surface area contributed by atoms with Crippen molar-refractivity contribution in [2.45, 2.75) is 6.92 Å². The third-order valence-corrected chi connectivity index (χ3v) is 4.43. The minimum absolute atomic E-state index is 0.210. The van der Waals surface area contributed by atoms with Crippen molar-refractivity contribution in [2.75, 3.05) is 5.32 Å². The van der Waals surface area contributed by atoms with Crippen LogP contribution in [0.2, 0.25) is 0 Å². The summed E-state index contributed by atoms with van der Waals surface area (Å²) in [6.07, 6.45) is 0. The average molecular weight is 320 g/mol. The van der Waals surface area contributed by atoms with Gasteiger partial charge in [0.2, 0.25) is 5.13 Å². The predicted molar refractivity (Wildman–Crippen MR) is 91.4 cm³/mol. The molecule has 1 aromatic heterocycles. The highest BCUT2D eigenvalue weighted by molar-refractivity contribution is 7.18. The number of nitrogens with zero attached hydrogens (tertiary/aromatic N) is 3. The number of carbonyl (C=O) groups is 1. The summed E-state index contributed by atoms with van der Waals surface area (Å²) in [6.45, 7) is 2.04. The van der Waals surface area contributed by atoms with Crippen molar-refractivity contribution in [1.29, 1.82) is 0 Å². The number of carbonyl (C=O) groups excluding carboxylic acids is 1. The number of rotatable bonds is 2. The summed E-state index contributed by atoms with van der Waals surface area (Å²) in [5.41, 5.74) is 4.14. The van der Waals surface area contributed by atoms with E-state index in [1.54, 1.807) is 0 Å². The van der Waals surface area contributed by atoms with E-state index in [1.807, 2.05) is 55.5 Å². The van der Waals surface area contributed by atoms with Gasteiger partial charge in [0.1, 0.15) is 10.7 Å². The molecule has 0 fully saturated rings. The fourth-order valence-corrected chi connectivity index (χ4v) is 3.11. The maximum Gasteiger partial charge on any atom is 0.275 e. The van der Waals surface area contributed by atoms with Crippen LogP contribution in [-0.2, 0) is 4.79 Å². The van der Waals surface area contributed by atoms with Gasteiger partial charge in [0.15, 0.2) is 0 Å². The molecule has 4 rings (SSSR count). The predicted octanol–water partition coefficient (Wildman–Crippen LogP) is 3.59. The molecule has 1 aliphatic rings. The van der Waals surface area contributed by atoms with E-state index in [4.69, 9.17) is 0 Å². The molecule has 6 heteroatoms. The van der Waals surface area contributed by atoms with Gasteiger partial charge < -0.3 is 5.32 Å². The molecule has 0 spiro atoms. The zero-order valence-corrected chi connectivity index (χ0v) is 13.1. The van der Waals surface area contributed by atoms with Crippen LogP contribution in [0.15, 0.2) is 53.5 Å². The lowest BCUT2D eigenvalue weighted by atomic mass is 10.1. The summed E-state index contributed by atoms with van der Waals surface area (Å²) >= 11 is 1.37. The molecule has 0 atom stereocenters. The maximum absolute atomic E-state index is 12.1. The Morgan fingerprint density at radius 2 is 1.83 bits per heavy atom. The van der Waals surface area contributed by atoms with E-state index in [2.05, 4.69) is 20.5 Å². The monoisotopic (exact) mass is 320 g/mol. The number of benzene rings is 2. The Morgan fingerprint density at radius 1 is 1.04 bits per heavy atom. The Bertz CT molecular complexity index is 928. The smallest absolute Gasteiger partial charge is 0.275 e. The SMILES string of the molecule is Cc1ccc(-c2nnc(N=C3C(=O)Nc4ccccc43)s2)cc1. The number of fused-ring (bicyclic) bond motifs is 1. The van der Waals surface area contributed by atoms with Crippen LogP contribution in [0.25, 0.3) is 10.6 Å². The summed E-state index contributed by atoms with van der Waals surface area (Å²) in [7, 11) is 0. The summed E-state index contributed by atoms with van der Waals surface area (Å²) in [5, 5.41) is 12.3. The average Bonchev–Trinajstić information content (AvgIpc) is 3.14. The van der Waals surface area contributed by atoms with Crippen molar-refractivity contribution in [2.24, 2.45) is 4.99 Å². The Kier molecular flexibility index (Phi) is 3.24. The molecule has 0 saturated carbocycles. The maximum atomic E-state index is 12.1. The van der Waals surface area contributed by atoms with Gasteiger partial charge >= 0.3 is 0 Å². The van der Waals surface area contributed by atoms with Gasteiger partial charge in [-0.2, -0.15) is 0 Å². The number of aryl methyl sites for hydroxylation is 1. The fourth-order valence-electron chi connectivity index (χ4n) is 2.38. The molecule has 0 unspecified atom stereocenters. The number of hydrogen-bond acceptors (Lipinski definition) is 5. The van der Waals surface area contributed by atoms with Gasteiger partial charge in [0.25, 0.3) is 5.91 Å². The van der Waals surface area contributed by atoms with E-state index in [0.717, 1.165) is 21.8 Å². The standard InChI is InChI=1S/C17H12N4OS/c1-10-6-8-11(9-7-10)16-20-21-17(23-16)19-14-12-4-2-3-5-13(12)18-15(14)22/h2-9H,1H3,(H,18,19,21,22). The second kappa shape index (κ2) is 5.40. The topological polar surface area (TPSA) is 67.2 Å². The highest BCUT2D eigenvalue weighted by Crippen LogP contribution is 2.30. The zero-order valence-electron chi connectivity index (χ0n) is 12.3. The number of para-hydroxylation sites is 1. The normalized spacial score (nSPS) is 14.8. The second-order valence-corrected chi connectivity index (χ2v) is 6.17. The summed E-state index contributed by atoms with van der Waals surface area (Å²) in [5.74, 6) is -0.210. The van der Waals surface area contributed by atoms with Crippen molar-refractivity contribution in [3.63, 3.8) is 0 Å². The van der Waals surface area contributed by atoms with Crippen LogP contribution in [-0.4, -0.2) is 21.8 Å². The van der Waals surface area contributed by atoms with E-state index in [-0.39, 0.29) is 5.91 Å². The minimum atomic E-state index is -0.210. The van der Waals surface area contributed by atoms with E-state index >= 15 is 0 Å². The zero-order chi connectivity index (χ0) is 15.8. The van der Waals surface area contributed by atoms with Crippen molar-refractivity contribution in [3.05, 3.63) is 59.7 Å². The van der Waals surface area contributed by atoms with Crippen LogP contribution in [0.4, 0.5) is 10.8 Å². The van der Waals surface area contributed by atoms with E-state index < -0.39 is 0 Å². The summed E-state index contributed by atoms with van der Waals surface area (Å²) < 4.78 is 0. The van der Waals surface area contributed by atoms with E-state index in [1.165, 1.54) is 16.9 Å². The first-order valence-electron chi connectivity index (χ1n) is 7.11. The molecule has 112 valence electrons. The fraction of sp³-hybridized carbons (Fsp3) is 0.0588. The van der Waals surface area contributed by atoms with Crippen molar-refractivity contribution in [1.82, 2.24) is 10.2 Å². The van der Waals surface area contributed by atoms with Crippen molar-refractivity contribution < 1.29 is 4.79 Å². The lowest BCUT2D eigenvalue weighted by molar-refractivity contribution is -0.110. The van der Waals surface area contributed by atoms with Crippen molar-refractivity contribution >= 4 is 33.8 Å². The highest BCUT2D eigenvalue weighted by atomic mass is 32.1. The number of hydrogen-bond donors (Lipinski definition) is 1. The van der Waals surface area contributed by atoms with Gasteiger partial charge in [-0.05, 0) is 13.0 Å². The molecule has 0 saturated heterocycles. The number of aromatic nitrogens is 2. The lowest BCUT2D eigenvalue weighted by Gasteiger charge is -1.95. The summed E-state index contributed by atoms with van der Waals surface area (Å²) in [4.78, 5) is 16.5. The van der Waals surface area contributed by atoms with Gasteiger partial charge in [0.05, 0.1) is 5.69 Å². The molecular weight excluding hydrogens is 308 g/mol. The first kappa shape index (κ1) is 13.8. The van der Waals surface area contributed by atoms with Gasteiger partial charge in [-0.3, -0.25) is 4.79 Å². The Morgan fingerprint density at radius 3 is 2.65 bits per heavy atom. The molecule has 2 heterocycles. The van der Waals surface area contributed by atoms with Gasteiger partial charge in [-0.1, -0.05) is 59.4 Å². The first-order chi connectivity index (χ1) is 11.2. The van der Waals surface area contributed by atoms with E-state index in [0.29, 0.717) is 10.8 Å². The number of amides is 1. The first-order valence-corrected chi connectivity index (χ1v) is 7.92. The molecule has 0 aliphatic carbocycles. The molecule has 23 heavy (non-hydrogen) atoms. The number of nitrogens with one attached hydrogen (secondary N) is 1. The molecule has 1 N–H and O–H groups in total. The van der Waals surface area contributed by atoms with Gasteiger partial charge in [0, 0.05) is 11.1 Å². The highest BCUT2D eigenvalue weighted by Gasteiger charge is 2.25. The molecule has 3 aromatic rings. The van der Waals surface area contributed by atoms with Crippen LogP contribution in [0.3, 0.4) is 0 Å². The molecule has 2 aromatic carbocycles. The second-order valence-electron chi connectivity index (χ2n) is 5.22. The van der Waals surface area contributed by atoms with Crippen LogP contribution < -0.4 is 5.32 Å². The van der Waals surface area contributed by atoms with Crippen molar-refractivity contribution in [3.8, 4) is 10.6 Å². The molecule has 0 bridgehead atoms. The minimum Gasteiger partial charge on any atom is -0.320 e. The van der Waals surface area contributed by atoms with Gasteiger partial charge in [-0.15, -0.1) is 10.2 Å². The van der Waals surface area contributed by atoms with Crippen LogP contribution in [0, 0.1) is 6.92 Å². The molecule has 5 nitrogen and oxygen atoms in total. The Hall–Kier alpha value is -2.86. The third kappa shape index (κ3) is 2.53. The van der Waals surface area contributed by atoms with E-state index in [9.17, 15) is 4.79 Å². The lowest BCUT2D eigenvalue weighted by Crippen LogP contribution is -2.13. The van der Waals surface area contributed by atoms with Gasteiger partial charge in [-0.25, -0.2) is 4.99 Å². The number of aliphatic imine (C=N–C) groups is 1. The largest absolute Gasteiger partial charge is 0.320 e. The van der Waals surface area contributed by atoms with Crippen LogP contribution >= 0.6 is 11.3 Å². The molecule has 1 amide bonds.